The minimum absolute atomic E-state index is 0.130. The standard InChI is InChI=1S/C15H16N6O2/c1-3-21-14-13(18-19-21)15(23)20(9-16-14)8-12(22)17-11-7-5-4-6-10(11)2/h4-7,9H,3,8H2,1-2H3,(H,17,22). The average molecular weight is 312 g/mol. The van der Waals surface area contributed by atoms with Crippen LogP contribution >= 0.6 is 0 Å². The smallest absolute Gasteiger partial charge is 0.283 e. The van der Waals surface area contributed by atoms with Gasteiger partial charge in [0.15, 0.2) is 11.2 Å². The number of rotatable bonds is 4. The number of fused-ring (bicyclic) bond motifs is 1. The van der Waals surface area contributed by atoms with Crippen LogP contribution in [0.5, 0.6) is 0 Å². The Balaban J connectivity index is 1.84. The van der Waals surface area contributed by atoms with Gasteiger partial charge >= 0.3 is 0 Å². The van der Waals surface area contributed by atoms with Crippen molar-refractivity contribution in [3.63, 3.8) is 0 Å². The molecule has 0 fully saturated rings. The van der Waals surface area contributed by atoms with Gasteiger partial charge in [-0.2, -0.15) is 0 Å². The van der Waals surface area contributed by atoms with Crippen molar-refractivity contribution >= 4 is 22.8 Å². The van der Waals surface area contributed by atoms with Crippen LogP contribution in [-0.4, -0.2) is 30.5 Å². The minimum atomic E-state index is -0.380. The summed E-state index contributed by atoms with van der Waals surface area (Å²) in [6, 6.07) is 7.44. The van der Waals surface area contributed by atoms with Crippen molar-refractivity contribution in [1.82, 2.24) is 24.5 Å². The maximum atomic E-state index is 12.3. The normalized spacial score (nSPS) is 10.9. The fraction of sp³-hybridized carbons (Fsp3) is 0.267. The Morgan fingerprint density at radius 2 is 2.09 bits per heavy atom. The highest BCUT2D eigenvalue weighted by atomic mass is 16.2. The zero-order chi connectivity index (χ0) is 16.4. The lowest BCUT2D eigenvalue weighted by Gasteiger charge is -2.09. The molecular formula is C15H16N6O2. The molecule has 1 N–H and O–H groups in total. The van der Waals surface area contributed by atoms with Gasteiger partial charge in [-0.15, -0.1) is 5.10 Å². The number of anilines is 1. The molecule has 0 spiro atoms. The zero-order valence-corrected chi connectivity index (χ0v) is 12.9. The van der Waals surface area contributed by atoms with E-state index in [2.05, 4.69) is 20.6 Å². The highest BCUT2D eigenvalue weighted by molar-refractivity contribution is 5.91. The summed E-state index contributed by atoms with van der Waals surface area (Å²) in [5, 5.41) is 10.5. The monoisotopic (exact) mass is 312 g/mol. The predicted octanol–water partition coefficient (Wildman–Crippen LogP) is 0.955. The van der Waals surface area contributed by atoms with E-state index in [-0.39, 0.29) is 23.5 Å². The van der Waals surface area contributed by atoms with Crippen molar-refractivity contribution in [2.45, 2.75) is 26.9 Å². The van der Waals surface area contributed by atoms with Crippen LogP contribution in [-0.2, 0) is 17.9 Å². The van der Waals surface area contributed by atoms with E-state index in [1.165, 1.54) is 15.6 Å². The molecule has 0 bridgehead atoms. The second-order valence-corrected chi connectivity index (χ2v) is 5.12. The first-order valence-corrected chi connectivity index (χ1v) is 7.24. The number of aryl methyl sites for hydroxylation is 2. The van der Waals surface area contributed by atoms with Crippen molar-refractivity contribution in [2.24, 2.45) is 0 Å². The lowest BCUT2D eigenvalue weighted by molar-refractivity contribution is -0.116. The van der Waals surface area contributed by atoms with E-state index in [9.17, 15) is 9.59 Å². The summed E-state index contributed by atoms with van der Waals surface area (Å²) in [6.07, 6.45) is 1.34. The first-order chi connectivity index (χ1) is 11.1. The third kappa shape index (κ3) is 2.83. The van der Waals surface area contributed by atoms with E-state index >= 15 is 0 Å². The van der Waals surface area contributed by atoms with E-state index in [4.69, 9.17) is 0 Å². The van der Waals surface area contributed by atoms with E-state index in [0.717, 1.165) is 11.3 Å². The Labute approximate surface area is 131 Å². The summed E-state index contributed by atoms with van der Waals surface area (Å²) in [6.45, 7) is 4.23. The van der Waals surface area contributed by atoms with Gasteiger partial charge in [0, 0.05) is 12.2 Å². The number of carbonyl (C=O) groups is 1. The van der Waals surface area contributed by atoms with Crippen LogP contribution in [0.1, 0.15) is 12.5 Å². The van der Waals surface area contributed by atoms with Crippen LogP contribution in [0.4, 0.5) is 5.69 Å². The second kappa shape index (κ2) is 5.99. The molecule has 2 aromatic heterocycles. The molecule has 0 aliphatic rings. The van der Waals surface area contributed by atoms with Gasteiger partial charge in [-0.3, -0.25) is 14.2 Å². The summed E-state index contributed by atoms with van der Waals surface area (Å²) in [7, 11) is 0. The lowest BCUT2D eigenvalue weighted by atomic mass is 10.2. The topological polar surface area (TPSA) is 94.7 Å². The predicted molar refractivity (Wildman–Crippen MR) is 85.1 cm³/mol. The van der Waals surface area contributed by atoms with Gasteiger partial charge < -0.3 is 5.32 Å². The highest BCUT2D eigenvalue weighted by Crippen LogP contribution is 2.12. The third-order valence-electron chi connectivity index (χ3n) is 3.52. The molecular weight excluding hydrogens is 296 g/mol. The number of nitrogens with zero attached hydrogens (tertiary/aromatic N) is 5. The SMILES string of the molecule is CCn1nnc2c(=O)n(CC(=O)Nc3ccccc3C)cnc21. The molecule has 2 heterocycles. The molecule has 1 aromatic carbocycles. The maximum absolute atomic E-state index is 12.3. The first kappa shape index (κ1) is 14.9. The van der Waals surface area contributed by atoms with Gasteiger partial charge in [-0.05, 0) is 25.5 Å². The van der Waals surface area contributed by atoms with Gasteiger partial charge in [0.05, 0.1) is 0 Å². The van der Waals surface area contributed by atoms with Gasteiger partial charge in [-0.1, -0.05) is 23.4 Å². The number of benzene rings is 1. The average Bonchev–Trinajstić information content (AvgIpc) is 2.96. The van der Waals surface area contributed by atoms with Crippen molar-refractivity contribution in [2.75, 3.05) is 5.32 Å². The fourth-order valence-corrected chi connectivity index (χ4v) is 2.27. The maximum Gasteiger partial charge on any atom is 0.283 e. The highest BCUT2D eigenvalue weighted by Gasteiger charge is 2.13. The molecule has 118 valence electrons. The Morgan fingerprint density at radius 3 is 2.83 bits per heavy atom. The molecule has 0 radical (unpaired) electrons. The number of carbonyl (C=O) groups excluding carboxylic acids is 1. The molecule has 0 saturated heterocycles. The molecule has 0 saturated carbocycles. The number of hydrogen-bond donors (Lipinski definition) is 1. The number of amides is 1. The van der Waals surface area contributed by atoms with E-state index in [1.54, 1.807) is 0 Å². The molecule has 3 rings (SSSR count). The Bertz CT molecular complexity index is 927. The molecule has 8 nitrogen and oxygen atoms in total. The second-order valence-electron chi connectivity index (χ2n) is 5.12. The number of nitrogens with one attached hydrogen (secondary N) is 1. The summed E-state index contributed by atoms with van der Waals surface area (Å²) < 4.78 is 2.76. The zero-order valence-electron chi connectivity index (χ0n) is 12.9. The van der Waals surface area contributed by atoms with Crippen LogP contribution in [0.3, 0.4) is 0 Å². The third-order valence-corrected chi connectivity index (χ3v) is 3.52. The molecule has 0 aliphatic heterocycles. The van der Waals surface area contributed by atoms with Crippen LogP contribution in [0.2, 0.25) is 0 Å². The van der Waals surface area contributed by atoms with Crippen molar-refractivity contribution in [3.8, 4) is 0 Å². The van der Waals surface area contributed by atoms with E-state index in [1.807, 2.05) is 38.1 Å². The van der Waals surface area contributed by atoms with Crippen LogP contribution in [0.15, 0.2) is 35.4 Å². The molecule has 1 amide bonds. The molecule has 0 aliphatic carbocycles. The van der Waals surface area contributed by atoms with Crippen LogP contribution < -0.4 is 10.9 Å². The largest absolute Gasteiger partial charge is 0.324 e. The lowest BCUT2D eigenvalue weighted by Crippen LogP contribution is -2.28. The summed E-state index contributed by atoms with van der Waals surface area (Å²) in [4.78, 5) is 28.7. The minimum Gasteiger partial charge on any atom is -0.324 e. The Hall–Kier alpha value is -3.03. The van der Waals surface area contributed by atoms with Gasteiger partial charge in [0.25, 0.3) is 5.56 Å². The first-order valence-electron chi connectivity index (χ1n) is 7.24. The van der Waals surface area contributed by atoms with E-state index < -0.39 is 0 Å². The molecule has 0 atom stereocenters. The summed E-state index contributed by atoms with van der Waals surface area (Å²) in [5.74, 6) is -0.301. The van der Waals surface area contributed by atoms with Crippen LogP contribution in [0, 0.1) is 6.92 Å². The molecule has 8 heteroatoms. The van der Waals surface area contributed by atoms with Crippen molar-refractivity contribution < 1.29 is 4.79 Å². The Morgan fingerprint density at radius 1 is 1.30 bits per heavy atom. The number of para-hydroxylation sites is 1. The number of aromatic nitrogens is 5. The van der Waals surface area contributed by atoms with Gasteiger partial charge in [0.1, 0.15) is 12.9 Å². The summed E-state index contributed by atoms with van der Waals surface area (Å²) in [5.41, 5.74) is 1.88. The molecule has 3 aromatic rings. The quantitative estimate of drug-likeness (QED) is 0.774. The van der Waals surface area contributed by atoms with E-state index in [0.29, 0.717) is 12.2 Å². The van der Waals surface area contributed by atoms with Crippen molar-refractivity contribution in [3.05, 3.63) is 46.5 Å². The van der Waals surface area contributed by atoms with Gasteiger partial charge in [0.2, 0.25) is 5.91 Å². The molecule has 23 heavy (non-hydrogen) atoms. The van der Waals surface area contributed by atoms with Crippen LogP contribution in [0.25, 0.3) is 11.2 Å². The summed E-state index contributed by atoms with van der Waals surface area (Å²) >= 11 is 0. The Kier molecular flexibility index (Phi) is 3.88. The fourth-order valence-electron chi connectivity index (χ4n) is 2.27. The molecule has 0 unspecified atom stereocenters. The van der Waals surface area contributed by atoms with Crippen molar-refractivity contribution in [1.29, 1.82) is 0 Å². The number of hydrogen-bond acceptors (Lipinski definition) is 5. The van der Waals surface area contributed by atoms with Gasteiger partial charge in [-0.25, -0.2) is 9.67 Å².